The van der Waals surface area contributed by atoms with Gasteiger partial charge in [-0.05, 0) is 16.7 Å². The van der Waals surface area contributed by atoms with Crippen LogP contribution in [0.4, 0.5) is 0 Å². The zero-order valence-corrected chi connectivity index (χ0v) is 18.0. The van der Waals surface area contributed by atoms with Crippen LogP contribution in [0.2, 0.25) is 0 Å². The van der Waals surface area contributed by atoms with E-state index in [4.69, 9.17) is 21.1 Å². The molecule has 3 aromatic carbocycles. The van der Waals surface area contributed by atoms with Crippen molar-refractivity contribution in [2.45, 2.75) is 42.3 Å². The van der Waals surface area contributed by atoms with Crippen LogP contribution in [0.25, 0.3) is 0 Å². The van der Waals surface area contributed by atoms with Gasteiger partial charge in [-0.2, -0.15) is 0 Å². The summed E-state index contributed by atoms with van der Waals surface area (Å²) in [5.74, 6) is 0. The van der Waals surface area contributed by atoms with Gasteiger partial charge in [0.1, 0.15) is 17.8 Å². The lowest BCUT2D eigenvalue weighted by Crippen LogP contribution is -2.58. The van der Waals surface area contributed by atoms with E-state index < -0.39 is 22.9 Å². The molecule has 0 aliphatic carbocycles. The predicted molar refractivity (Wildman–Crippen MR) is 121 cm³/mol. The summed E-state index contributed by atoms with van der Waals surface area (Å²) in [5, 5.41) is 19.9. The lowest BCUT2D eigenvalue weighted by atomic mass is 9.81. The zero-order chi connectivity index (χ0) is 21.7. The highest BCUT2D eigenvalue weighted by atomic mass is 35.5. The van der Waals surface area contributed by atoms with Gasteiger partial charge in [-0.1, -0.05) is 103 Å². The van der Waals surface area contributed by atoms with Crippen molar-refractivity contribution in [1.82, 2.24) is 0 Å². The SMILES string of the molecule is OC[C@H]1OC(Cl)(Cc2ccccc2)[C@@](Cc2ccccc2)(OCc2ccccc2)[C@@H]1O. The van der Waals surface area contributed by atoms with E-state index in [2.05, 4.69) is 0 Å². The molecule has 0 saturated carbocycles. The van der Waals surface area contributed by atoms with E-state index in [1.54, 1.807) is 0 Å². The molecular weight excluding hydrogens is 412 g/mol. The third-order valence-electron chi connectivity index (χ3n) is 5.90. The molecule has 0 radical (unpaired) electrons. The minimum atomic E-state index is -1.37. The van der Waals surface area contributed by atoms with Gasteiger partial charge in [-0.3, -0.25) is 0 Å². The molecular formula is C26H27ClO4. The average Bonchev–Trinajstić information content (AvgIpc) is 3.01. The Morgan fingerprint density at radius 3 is 1.77 bits per heavy atom. The van der Waals surface area contributed by atoms with Crippen LogP contribution in [-0.4, -0.2) is 39.7 Å². The van der Waals surface area contributed by atoms with Crippen molar-refractivity contribution in [1.29, 1.82) is 0 Å². The van der Waals surface area contributed by atoms with Crippen LogP contribution in [0.3, 0.4) is 0 Å². The van der Waals surface area contributed by atoms with Gasteiger partial charge in [0.05, 0.1) is 13.2 Å². The Labute approximate surface area is 188 Å². The monoisotopic (exact) mass is 438 g/mol. The fourth-order valence-corrected chi connectivity index (χ4v) is 4.78. The molecule has 31 heavy (non-hydrogen) atoms. The van der Waals surface area contributed by atoms with Crippen LogP contribution >= 0.6 is 11.6 Å². The van der Waals surface area contributed by atoms with Crippen molar-refractivity contribution < 1.29 is 19.7 Å². The van der Waals surface area contributed by atoms with Gasteiger partial charge in [-0.25, -0.2) is 0 Å². The maximum Gasteiger partial charge on any atom is 0.178 e. The standard InChI is InChI=1S/C26H27ClO4/c27-26(17-21-12-6-2-7-13-21)25(24(29)23(18-28)31-26,16-20-10-4-1-5-11-20)30-19-22-14-8-3-9-15-22/h1-15,23-24,28-29H,16-19H2/t23-,24-,25+,26?/m1/s1. The van der Waals surface area contributed by atoms with Crippen molar-refractivity contribution >= 4 is 11.6 Å². The van der Waals surface area contributed by atoms with E-state index in [-0.39, 0.29) is 13.2 Å². The molecule has 0 amide bonds. The van der Waals surface area contributed by atoms with E-state index in [0.717, 1.165) is 16.7 Å². The number of alkyl halides is 1. The normalized spacial score (nSPS) is 28.0. The molecule has 2 N–H and O–H groups in total. The average molecular weight is 439 g/mol. The van der Waals surface area contributed by atoms with Crippen molar-refractivity contribution in [2.75, 3.05) is 6.61 Å². The Morgan fingerprint density at radius 2 is 1.26 bits per heavy atom. The quantitative estimate of drug-likeness (QED) is 0.519. The van der Waals surface area contributed by atoms with E-state index in [1.165, 1.54) is 0 Å². The van der Waals surface area contributed by atoms with E-state index >= 15 is 0 Å². The number of aliphatic hydroxyl groups is 2. The van der Waals surface area contributed by atoms with Gasteiger partial charge >= 0.3 is 0 Å². The summed E-state index contributed by atoms with van der Waals surface area (Å²) in [6, 6.07) is 29.3. The van der Waals surface area contributed by atoms with Gasteiger partial charge in [0, 0.05) is 12.8 Å². The Hall–Kier alpha value is -2.21. The molecule has 1 heterocycles. The summed E-state index contributed by atoms with van der Waals surface area (Å²) in [4.78, 5) is 0. The predicted octanol–water partition coefficient (Wildman–Crippen LogP) is 4.11. The second-order valence-corrected chi connectivity index (χ2v) is 8.61. The maximum atomic E-state index is 11.4. The lowest BCUT2D eigenvalue weighted by Gasteiger charge is -2.42. The number of hydrogen-bond acceptors (Lipinski definition) is 4. The van der Waals surface area contributed by atoms with Crippen molar-refractivity contribution in [3.05, 3.63) is 108 Å². The third kappa shape index (κ3) is 4.54. The highest BCUT2D eigenvalue weighted by Gasteiger charge is 2.65. The molecule has 162 valence electrons. The highest BCUT2D eigenvalue weighted by molar-refractivity contribution is 6.24. The molecule has 5 heteroatoms. The molecule has 4 rings (SSSR count). The van der Waals surface area contributed by atoms with Gasteiger partial charge in [0.15, 0.2) is 5.06 Å². The molecule has 0 spiro atoms. The third-order valence-corrected chi connectivity index (χ3v) is 6.45. The Kier molecular flexibility index (Phi) is 6.75. The minimum absolute atomic E-state index is 0.259. The van der Waals surface area contributed by atoms with E-state index in [1.807, 2.05) is 91.0 Å². The van der Waals surface area contributed by atoms with Gasteiger partial charge in [-0.15, -0.1) is 0 Å². The molecule has 0 aromatic heterocycles. The van der Waals surface area contributed by atoms with Crippen molar-refractivity contribution in [3.8, 4) is 0 Å². The smallest absolute Gasteiger partial charge is 0.178 e. The largest absolute Gasteiger partial charge is 0.394 e. The second-order valence-electron chi connectivity index (χ2n) is 8.00. The fraction of sp³-hybridized carbons (Fsp3) is 0.308. The minimum Gasteiger partial charge on any atom is -0.394 e. The Balaban J connectivity index is 1.75. The first kappa shape index (κ1) is 22.0. The zero-order valence-electron chi connectivity index (χ0n) is 17.2. The van der Waals surface area contributed by atoms with Crippen LogP contribution in [0, 0.1) is 0 Å². The Morgan fingerprint density at radius 1 is 0.774 bits per heavy atom. The van der Waals surface area contributed by atoms with Crippen molar-refractivity contribution in [3.63, 3.8) is 0 Å². The summed E-state index contributed by atoms with van der Waals surface area (Å²) in [5.41, 5.74) is 1.63. The van der Waals surface area contributed by atoms with Gasteiger partial charge in [0.2, 0.25) is 0 Å². The molecule has 4 nitrogen and oxygen atoms in total. The summed E-state index contributed by atoms with van der Waals surface area (Å²) in [6.07, 6.45) is -1.29. The molecule has 3 aromatic rings. The molecule has 1 saturated heterocycles. The number of aliphatic hydroxyl groups excluding tert-OH is 2. The van der Waals surface area contributed by atoms with Gasteiger partial charge in [0.25, 0.3) is 0 Å². The summed E-state index contributed by atoms with van der Waals surface area (Å²) < 4.78 is 12.6. The van der Waals surface area contributed by atoms with Crippen molar-refractivity contribution in [2.24, 2.45) is 0 Å². The highest BCUT2D eigenvalue weighted by Crippen LogP contribution is 2.50. The van der Waals surface area contributed by atoms with Gasteiger partial charge < -0.3 is 19.7 Å². The molecule has 0 bridgehead atoms. The lowest BCUT2D eigenvalue weighted by molar-refractivity contribution is -0.150. The molecule has 1 unspecified atom stereocenters. The molecule has 1 fully saturated rings. The summed E-state index contributed by atoms with van der Waals surface area (Å²) >= 11 is 7.19. The van der Waals surface area contributed by atoms with Crippen LogP contribution in [0.5, 0.6) is 0 Å². The van der Waals surface area contributed by atoms with Crippen LogP contribution in [0.15, 0.2) is 91.0 Å². The van der Waals surface area contributed by atoms with E-state index in [9.17, 15) is 10.2 Å². The second kappa shape index (κ2) is 9.51. The number of rotatable bonds is 8. The first-order chi connectivity index (χ1) is 15.1. The molecule has 4 atom stereocenters. The van der Waals surface area contributed by atoms with E-state index in [0.29, 0.717) is 12.8 Å². The first-order valence-electron chi connectivity index (χ1n) is 10.5. The topological polar surface area (TPSA) is 58.9 Å². The van der Waals surface area contributed by atoms with Crippen LogP contribution < -0.4 is 0 Å². The first-order valence-corrected chi connectivity index (χ1v) is 10.9. The summed E-state index contributed by atoms with van der Waals surface area (Å²) in [6.45, 7) is -0.0921. The maximum absolute atomic E-state index is 11.4. The number of hydrogen-bond donors (Lipinski definition) is 2. The van der Waals surface area contributed by atoms with Crippen LogP contribution in [-0.2, 0) is 28.9 Å². The summed E-state index contributed by atoms with van der Waals surface area (Å²) in [7, 11) is 0. The molecule has 1 aliphatic heterocycles. The Bertz CT molecular complexity index is 953. The number of halogens is 1. The molecule has 1 aliphatic rings. The fourth-order valence-electron chi connectivity index (χ4n) is 4.28. The van der Waals surface area contributed by atoms with Crippen LogP contribution in [0.1, 0.15) is 16.7 Å². The number of benzene rings is 3. The number of ether oxygens (including phenoxy) is 2.